The van der Waals surface area contributed by atoms with E-state index in [2.05, 4.69) is 13.8 Å². The number of ether oxygens (including phenoxy) is 1. The van der Waals surface area contributed by atoms with E-state index >= 15 is 0 Å². The zero-order chi connectivity index (χ0) is 27.7. The number of quaternary nitrogens is 1. The van der Waals surface area contributed by atoms with Crippen molar-refractivity contribution in [1.82, 2.24) is 6.15 Å². The van der Waals surface area contributed by atoms with Crippen molar-refractivity contribution < 1.29 is 19.4 Å². The molecular formula is C32H68N2O4. The summed E-state index contributed by atoms with van der Waals surface area (Å²) in [7, 11) is 0. The first-order valence-electron chi connectivity index (χ1n) is 16.1. The fourth-order valence-electron chi connectivity index (χ4n) is 4.47. The third-order valence-corrected chi connectivity index (χ3v) is 6.85. The van der Waals surface area contributed by atoms with Crippen LogP contribution in [-0.4, -0.2) is 25.1 Å². The van der Waals surface area contributed by atoms with Gasteiger partial charge in [-0.15, -0.1) is 0 Å². The Hall–Kier alpha value is -1.14. The van der Waals surface area contributed by atoms with Gasteiger partial charge < -0.3 is 26.5 Å². The number of esters is 1. The van der Waals surface area contributed by atoms with Gasteiger partial charge in [-0.2, -0.15) is 0 Å². The summed E-state index contributed by atoms with van der Waals surface area (Å²) in [6.45, 7) is 5.28. The summed E-state index contributed by atoms with van der Waals surface area (Å²) in [5.74, 6) is -1.00. The van der Waals surface area contributed by atoms with Crippen LogP contribution in [0.1, 0.15) is 181 Å². The Labute approximate surface area is 237 Å². The van der Waals surface area contributed by atoms with Crippen LogP contribution in [0.15, 0.2) is 0 Å². The van der Waals surface area contributed by atoms with Crippen LogP contribution in [0.3, 0.4) is 0 Å². The predicted molar refractivity (Wildman–Crippen MR) is 162 cm³/mol. The van der Waals surface area contributed by atoms with Crippen molar-refractivity contribution in [2.45, 2.75) is 181 Å². The molecule has 0 bridgehead atoms. The van der Waals surface area contributed by atoms with Gasteiger partial charge in [-0.05, 0) is 19.3 Å². The molecule has 0 amide bonds. The minimum atomic E-state index is -0.903. The Morgan fingerprint density at radius 2 is 0.816 bits per heavy atom. The summed E-state index contributed by atoms with van der Waals surface area (Å²) < 4.78 is 4.90. The molecule has 0 aromatic rings. The van der Waals surface area contributed by atoms with E-state index in [1.165, 1.54) is 128 Å². The number of carboxylic acid groups (broad SMARTS) is 1. The first-order valence-corrected chi connectivity index (χ1v) is 16.1. The lowest BCUT2D eigenvalue weighted by atomic mass is 10.0. The van der Waals surface area contributed by atoms with Crippen LogP contribution in [-0.2, 0) is 14.3 Å². The fourth-order valence-corrected chi connectivity index (χ4v) is 4.47. The largest absolute Gasteiger partial charge is 0.550 e. The highest BCUT2D eigenvalue weighted by atomic mass is 16.5. The summed E-state index contributed by atoms with van der Waals surface area (Å²) in [6, 6.07) is 0. The quantitative estimate of drug-likeness (QED) is 0.0751. The molecular weight excluding hydrogens is 476 g/mol. The van der Waals surface area contributed by atoms with Gasteiger partial charge in [0.25, 0.3) is 0 Å². The van der Waals surface area contributed by atoms with Gasteiger partial charge in [0, 0.05) is 18.9 Å². The predicted octanol–water partition coefficient (Wildman–Crippen LogP) is 8.78. The standard InChI is InChI=1S/C18H36O2.C14H29NO2.H3N/c1-2-3-4-5-6-7-8-9-10-11-12-13-14-15-16-17-18(19)20;1-2-3-4-5-6-7-8-9-10-11-14(16)17-13-12-15;/h2-17H2,1H3,(H,19,20);2-13,15H2,1H3;1H3. The number of hydrogen-bond donors (Lipinski definition) is 2. The molecule has 38 heavy (non-hydrogen) atoms. The molecule has 0 rings (SSSR count). The topological polar surface area (TPSA) is 129 Å². The van der Waals surface area contributed by atoms with Gasteiger partial charge in [0.15, 0.2) is 0 Å². The molecule has 0 fully saturated rings. The SMILES string of the molecule is CCCCCCCCCCCC(=O)OCCN.CCCCCCCCCCCCCCCCCC(=O)[O-].[NH4+]. The zero-order valence-corrected chi connectivity index (χ0v) is 26.0. The van der Waals surface area contributed by atoms with Gasteiger partial charge in [-0.3, -0.25) is 4.79 Å². The minimum absolute atomic E-state index is 0. The second-order valence-electron chi connectivity index (χ2n) is 10.7. The van der Waals surface area contributed by atoms with E-state index in [0.29, 0.717) is 19.6 Å². The lowest BCUT2D eigenvalue weighted by Gasteiger charge is -2.04. The molecule has 0 aliphatic carbocycles. The summed E-state index contributed by atoms with van der Waals surface area (Å²) >= 11 is 0. The number of nitrogens with two attached hydrogens (primary N) is 1. The maximum absolute atomic E-state index is 11.1. The van der Waals surface area contributed by atoms with Crippen molar-refractivity contribution in [3.63, 3.8) is 0 Å². The van der Waals surface area contributed by atoms with E-state index < -0.39 is 5.97 Å². The van der Waals surface area contributed by atoms with E-state index in [4.69, 9.17) is 10.5 Å². The highest BCUT2D eigenvalue weighted by Crippen LogP contribution is 2.14. The maximum atomic E-state index is 11.1. The van der Waals surface area contributed by atoms with Crippen molar-refractivity contribution >= 4 is 11.9 Å². The lowest BCUT2D eigenvalue weighted by molar-refractivity contribution is -0.305. The molecule has 6 nitrogen and oxygen atoms in total. The Balaban J connectivity index is -0.000000636. The summed E-state index contributed by atoms with van der Waals surface area (Å²) in [5.41, 5.74) is 5.24. The molecule has 0 aromatic carbocycles. The molecule has 0 aliphatic heterocycles. The molecule has 0 radical (unpaired) electrons. The second-order valence-corrected chi connectivity index (χ2v) is 10.7. The molecule has 0 unspecified atom stereocenters. The van der Waals surface area contributed by atoms with Crippen molar-refractivity contribution in [2.24, 2.45) is 5.73 Å². The van der Waals surface area contributed by atoms with Crippen LogP contribution in [0.2, 0.25) is 0 Å². The number of hydrogen-bond acceptors (Lipinski definition) is 5. The third kappa shape index (κ3) is 42.0. The molecule has 0 heterocycles. The number of aliphatic carboxylic acids is 1. The normalized spacial score (nSPS) is 10.4. The zero-order valence-electron chi connectivity index (χ0n) is 26.0. The number of carbonyl (C=O) groups excluding carboxylic acids is 2. The molecule has 6 N–H and O–H groups in total. The monoisotopic (exact) mass is 545 g/mol. The van der Waals surface area contributed by atoms with Crippen LogP contribution in [0.5, 0.6) is 0 Å². The average Bonchev–Trinajstić information content (AvgIpc) is 2.89. The molecule has 0 saturated carbocycles. The van der Waals surface area contributed by atoms with Crippen molar-refractivity contribution in [2.75, 3.05) is 13.2 Å². The molecule has 0 saturated heterocycles. The Kier molecular flexibility index (Phi) is 41.4. The van der Waals surface area contributed by atoms with Crippen LogP contribution in [0.25, 0.3) is 0 Å². The van der Waals surface area contributed by atoms with E-state index in [0.717, 1.165) is 25.7 Å². The van der Waals surface area contributed by atoms with Gasteiger partial charge >= 0.3 is 5.97 Å². The van der Waals surface area contributed by atoms with E-state index in [1.54, 1.807) is 0 Å². The van der Waals surface area contributed by atoms with E-state index in [1.807, 2.05) is 0 Å². The van der Waals surface area contributed by atoms with Crippen LogP contribution >= 0.6 is 0 Å². The molecule has 6 heteroatoms. The van der Waals surface area contributed by atoms with Crippen LogP contribution in [0.4, 0.5) is 0 Å². The minimum Gasteiger partial charge on any atom is -0.550 e. The highest BCUT2D eigenvalue weighted by molar-refractivity contribution is 5.69. The number of rotatable bonds is 28. The summed E-state index contributed by atoms with van der Waals surface area (Å²) in [5, 5.41) is 10.2. The van der Waals surface area contributed by atoms with Gasteiger partial charge in [0.2, 0.25) is 0 Å². The number of unbranched alkanes of at least 4 members (excludes halogenated alkanes) is 22. The Bertz CT molecular complexity index is 461. The third-order valence-electron chi connectivity index (χ3n) is 6.85. The number of carboxylic acids is 1. The molecule has 0 aliphatic rings. The molecule has 0 atom stereocenters. The van der Waals surface area contributed by atoms with E-state index in [-0.39, 0.29) is 18.5 Å². The fraction of sp³-hybridized carbons (Fsp3) is 0.938. The summed E-state index contributed by atoms with van der Waals surface area (Å²) in [6.07, 6.45) is 31.8. The summed E-state index contributed by atoms with van der Waals surface area (Å²) in [4.78, 5) is 21.4. The smallest absolute Gasteiger partial charge is 0.305 e. The first kappa shape index (κ1) is 41.3. The van der Waals surface area contributed by atoms with Crippen LogP contribution in [0, 0.1) is 0 Å². The van der Waals surface area contributed by atoms with Crippen LogP contribution < -0.4 is 17.0 Å². The average molecular weight is 545 g/mol. The van der Waals surface area contributed by atoms with Gasteiger partial charge in [0.05, 0.1) is 0 Å². The van der Waals surface area contributed by atoms with Gasteiger partial charge in [0.1, 0.15) is 6.61 Å². The van der Waals surface area contributed by atoms with Crippen molar-refractivity contribution in [1.29, 1.82) is 0 Å². The second kappa shape index (κ2) is 38.0. The van der Waals surface area contributed by atoms with Crippen molar-refractivity contribution in [3.05, 3.63) is 0 Å². The van der Waals surface area contributed by atoms with Crippen molar-refractivity contribution in [3.8, 4) is 0 Å². The van der Waals surface area contributed by atoms with Gasteiger partial charge in [-0.25, -0.2) is 0 Å². The number of carbonyl (C=O) groups is 2. The maximum Gasteiger partial charge on any atom is 0.305 e. The lowest BCUT2D eigenvalue weighted by Crippen LogP contribution is -2.21. The molecule has 0 aromatic heterocycles. The first-order chi connectivity index (χ1) is 18.1. The molecule has 230 valence electrons. The highest BCUT2D eigenvalue weighted by Gasteiger charge is 2.01. The molecule has 0 spiro atoms. The Morgan fingerprint density at radius 1 is 0.526 bits per heavy atom. The van der Waals surface area contributed by atoms with Gasteiger partial charge in [-0.1, -0.05) is 155 Å². The van der Waals surface area contributed by atoms with E-state index in [9.17, 15) is 14.7 Å². The Morgan fingerprint density at radius 3 is 1.11 bits per heavy atom.